The van der Waals surface area contributed by atoms with Crippen molar-refractivity contribution in [1.29, 1.82) is 0 Å². The van der Waals surface area contributed by atoms with Gasteiger partial charge in [-0.05, 0) is 18.1 Å². The molecule has 1 N–H and O–H groups in total. The molecule has 0 aliphatic rings. The van der Waals surface area contributed by atoms with Crippen LogP contribution in [-0.2, 0) is 6.54 Å². The van der Waals surface area contributed by atoms with E-state index in [2.05, 4.69) is 15.4 Å². The number of hydrogen-bond donors (Lipinski definition) is 1. The molecule has 0 aliphatic heterocycles. The smallest absolute Gasteiger partial charge is 0.177 e. The van der Waals surface area contributed by atoms with Crippen molar-refractivity contribution in [3.63, 3.8) is 0 Å². The number of fused-ring (bicyclic) bond motifs is 1. The van der Waals surface area contributed by atoms with Crippen LogP contribution in [0.3, 0.4) is 0 Å². The molecule has 0 amide bonds. The molecule has 2 heterocycles. The number of nitrogens with zero attached hydrogens (tertiary/aromatic N) is 3. The summed E-state index contributed by atoms with van der Waals surface area (Å²) in [6.45, 7) is 4.03. The van der Waals surface area contributed by atoms with Gasteiger partial charge in [0.1, 0.15) is 11.6 Å². The number of nitrogens with one attached hydrogen (secondary N) is 1. The first-order valence-electron chi connectivity index (χ1n) is 7.18. The number of anilines is 1. The van der Waals surface area contributed by atoms with E-state index in [4.69, 9.17) is 11.6 Å². The molecular formula is C16H15ClF2N4. The highest BCUT2D eigenvalue weighted by Crippen LogP contribution is 2.24. The lowest BCUT2D eigenvalue weighted by atomic mass is 10.1. The Balaban J connectivity index is 1.97. The van der Waals surface area contributed by atoms with Gasteiger partial charge >= 0.3 is 0 Å². The number of halogens is 3. The maximum absolute atomic E-state index is 13.7. The number of aromatic nitrogens is 3. The molecule has 0 saturated carbocycles. The Labute approximate surface area is 137 Å². The van der Waals surface area contributed by atoms with Gasteiger partial charge in [-0.25, -0.2) is 18.3 Å². The lowest BCUT2D eigenvalue weighted by Crippen LogP contribution is -2.07. The number of hydrogen-bond acceptors (Lipinski definition) is 3. The van der Waals surface area contributed by atoms with Crippen LogP contribution in [0.2, 0.25) is 5.15 Å². The van der Waals surface area contributed by atoms with Crippen LogP contribution >= 0.6 is 11.6 Å². The van der Waals surface area contributed by atoms with E-state index >= 15 is 0 Å². The van der Waals surface area contributed by atoms with Crippen LogP contribution in [0.25, 0.3) is 5.65 Å². The Hall–Kier alpha value is -2.21. The third-order valence-electron chi connectivity index (χ3n) is 3.57. The molecule has 23 heavy (non-hydrogen) atoms. The van der Waals surface area contributed by atoms with E-state index in [1.165, 1.54) is 18.2 Å². The summed E-state index contributed by atoms with van der Waals surface area (Å²) in [7, 11) is 0. The molecule has 7 heteroatoms. The van der Waals surface area contributed by atoms with Crippen molar-refractivity contribution in [3.8, 4) is 0 Å². The van der Waals surface area contributed by atoms with Crippen molar-refractivity contribution in [2.45, 2.75) is 26.3 Å². The van der Waals surface area contributed by atoms with Gasteiger partial charge in [-0.1, -0.05) is 31.5 Å². The molecule has 0 aliphatic carbocycles. The topological polar surface area (TPSA) is 42.2 Å². The fourth-order valence-electron chi connectivity index (χ4n) is 2.36. The molecule has 0 radical (unpaired) electrons. The molecule has 4 nitrogen and oxygen atoms in total. The standard InChI is InChI=1S/C16H15ClF2N4/c1-9(2)14-8-21-16-13(6-15(17)22-23(14)16)20-7-10-11(18)4-3-5-12(10)19/h3-6,8-9,20H,7H2,1-2H3. The Morgan fingerprint density at radius 2 is 1.96 bits per heavy atom. The first-order chi connectivity index (χ1) is 11.0. The molecular weight excluding hydrogens is 322 g/mol. The minimum absolute atomic E-state index is 0.0155. The van der Waals surface area contributed by atoms with Gasteiger partial charge in [0.15, 0.2) is 10.8 Å². The summed E-state index contributed by atoms with van der Waals surface area (Å²) >= 11 is 6.05. The van der Waals surface area contributed by atoms with E-state index < -0.39 is 11.6 Å². The van der Waals surface area contributed by atoms with Crippen LogP contribution in [0, 0.1) is 11.6 Å². The summed E-state index contributed by atoms with van der Waals surface area (Å²) in [6, 6.07) is 5.37. The van der Waals surface area contributed by atoms with Gasteiger partial charge in [0.25, 0.3) is 0 Å². The third kappa shape index (κ3) is 2.99. The summed E-state index contributed by atoms with van der Waals surface area (Å²) < 4.78 is 29.1. The summed E-state index contributed by atoms with van der Waals surface area (Å²) in [5.41, 5.74) is 2.01. The molecule has 0 fully saturated rings. The van der Waals surface area contributed by atoms with Crippen molar-refractivity contribution >= 4 is 22.9 Å². The molecule has 3 rings (SSSR count). The predicted molar refractivity (Wildman–Crippen MR) is 85.8 cm³/mol. The van der Waals surface area contributed by atoms with E-state index in [-0.39, 0.29) is 23.2 Å². The number of benzene rings is 1. The molecule has 120 valence electrons. The van der Waals surface area contributed by atoms with E-state index in [9.17, 15) is 8.78 Å². The zero-order valence-corrected chi connectivity index (χ0v) is 13.4. The fourth-order valence-corrected chi connectivity index (χ4v) is 2.55. The molecule has 2 aromatic heterocycles. The van der Waals surface area contributed by atoms with Gasteiger partial charge in [-0.15, -0.1) is 0 Å². The quantitative estimate of drug-likeness (QED) is 0.768. The van der Waals surface area contributed by atoms with Crippen molar-refractivity contribution in [1.82, 2.24) is 14.6 Å². The molecule has 0 unspecified atom stereocenters. The second-order valence-corrected chi connectivity index (χ2v) is 5.89. The average molecular weight is 337 g/mol. The Kier molecular flexibility index (Phi) is 4.17. The Morgan fingerprint density at radius 3 is 2.61 bits per heavy atom. The van der Waals surface area contributed by atoms with Gasteiger partial charge in [-0.2, -0.15) is 5.10 Å². The highest BCUT2D eigenvalue weighted by molar-refractivity contribution is 6.29. The molecule has 3 aromatic rings. The molecule has 0 saturated heterocycles. The lowest BCUT2D eigenvalue weighted by molar-refractivity contribution is 0.560. The first-order valence-corrected chi connectivity index (χ1v) is 7.56. The van der Waals surface area contributed by atoms with Crippen LogP contribution in [0.1, 0.15) is 31.0 Å². The van der Waals surface area contributed by atoms with Crippen LogP contribution < -0.4 is 5.32 Å². The first kappa shape index (κ1) is 15.7. The minimum atomic E-state index is -0.597. The van der Waals surface area contributed by atoms with Crippen LogP contribution in [0.15, 0.2) is 30.5 Å². The number of rotatable bonds is 4. The highest BCUT2D eigenvalue weighted by Gasteiger charge is 2.14. The van der Waals surface area contributed by atoms with Crippen LogP contribution in [0.5, 0.6) is 0 Å². The van der Waals surface area contributed by atoms with Crippen molar-refractivity contribution < 1.29 is 8.78 Å². The maximum atomic E-state index is 13.7. The summed E-state index contributed by atoms with van der Waals surface area (Å²) in [5, 5.41) is 7.50. The summed E-state index contributed by atoms with van der Waals surface area (Å²) in [4.78, 5) is 4.33. The molecule has 0 atom stereocenters. The second kappa shape index (κ2) is 6.12. The van der Waals surface area contributed by atoms with Crippen molar-refractivity contribution in [2.24, 2.45) is 0 Å². The predicted octanol–water partition coefficient (Wildman–Crippen LogP) is 4.40. The summed E-state index contributed by atoms with van der Waals surface area (Å²) in [5.74, 6) is -0.979. The third-order valence-corrected chi connectivity index (χ3v) is 3.76. The van der Waals surface area contributed by atoms with E-state index in [1.807, 2.05) is 13.8 Å². The number of imidazole rings is 1. The molecule has 0 bridgehead atoms. The van der Waals surface area contributed by atoms with Crippen LogP contribution in [0.4, 0.5) is 14.5 Å². The summed E-state index contributed by atoms with van der Waals surface area (Å²) in [6.07, 6.45) is 1.72. The van der Waals surface area contributed by atoms with Gasteiger partial charge in [-0.3, -0.25) is 0 Å². The second-order valence-electron chi connectivity index (χ2n) is 5.51. The van der Waals surface area contributed by atoms with Gasteiger partial charge in [0, 0.05) is 18.2 Å². The maximum Gasteiger partial charge on any atom is 0.177 e. The minimum Gasteiger partial charge on any atom is -0.378 e. The van der Waals surface area contributed by atoms with Crippen molar-refractivity contribution in [3.05, 3.63) is 58.5 Å². The zero-order valence-electron chi connectivity index (χ0n) is 12.6. The average Bonchev–Trinajstić information content (AvgIpc) is 2.90. The fraction of sp³-hybridized carbons (Fsp3) is 0.250. The van der Waals surface area contributed by atoms with E-state index in [0.29, 0.717) is 11.3 Å². The highest BCUT2D eigenvalue weighted by atomic mass is 35.5. The molecule has 0 spiro atoms. The Morgan fingerprint density at radius 1 is 1.26 bits per heavy atom. The van der Waals surface area contributed by atoms with Crippen LogP contribution in [-0.4, -0.2) is 14.6 Å². The Bertz CT molecular complexity index is 840. The molecule has 1 aromatic carbocycles. The van der Waals surface area contributed by atoms with Crippen molar-refractivity contribution in [2.75, 3.05) is 5.32 Å². The largest absolute Gasteiger partial charge is 0.378 e. The van der Waals surface area contributed by atoms with E-state index in [1.54, 1.807) is 16.8 Å². The lowest BCUT2D eigenvalue weighted by Gasteiger charge is -2.11. The zero-order chi connectivity index (χ0) is 16.6. The van der Waals surface area contributed by atoms with Gasteiger partial charge < -0.3 is 5.32 Å². The van der Waals surface area contributed by atoms with Gasteiger partial charge in [0.2, 0.25) is 0 Å². The normalized spacial score (nSPS) is 11.4. The van der Waals surface area contributed by atoms with E-state index in [0.717, 1.165) is 5.69 Å². The monoisotopic (exact) mass is 336 g/mol. The van der Waals surface area contributed by atoms with Gasteiger partial charge in [0.05, 0.1) is 17.6 Å². The SMILES string of the molecule is CC(C)c1cnc2c(NCc3c(F)cccc3F)cc(Cl)nn12.